The number of hydrogen-bond donors (Lipinski definition) is 2. The van der Waals surface area contributed by atoms with Crippen molar-refractivity contribution in [1.82, 2.24) is 15.1 Å². The summed E-state index contributed by atoms with van der Waals surface area (Å²) in [4.78, 5) is 24.7. The molecule has 0 aliphatic rings. The number of carbonyl (C=O) groups is 2. The van der Waals surface area contributed by atoms with Gasteiger partial charge in [-0.3, -0.25) is 14.3 Å². The largest absolute Gasteiger partial charge is 0.368 e. The van der Waals surface area contributed by atoms with Crippen LogP contribution in [0.3, 0.4) is 0 Å². The number of carbonyl (C=O) groups excluding carboxylic acids is 2. The zero-order chi connectivity index (χ0) is 22.2. The highest BCUT2D eigenvalue weighted by molar-refractivity contribution is 6.06. The Labute approximate surface area is 170 Å². The number of hydrogen-bond acceptors (Lipinski definition) is 3. The lowest BCUT2D eigenvalue weighted by Gasteiger charge is -2.28. The third kappa shape index (κ3) is 4.14. The van der Waals surface area contributed by atoms with E-state index in [2.05, 4.69) is 10.4 Å². The van der Waals surface area contributed by atoms with E-state index in [0.717, 1.165) is 10.7 Å². The molecule has 0 fully saturated rings. The molecule has 1 heterocycles. The third-order valence-corrected chi connectivity index (χ3v) is 4.69. The van der Waals surface area contributed by atoms with E-state index in [-0.39, 0.29) is 23.1 Å². The van der Waals surface area contributed by atoms with Gasteiger partial charge in [-0.2, -0.15) is 5.10 Å². The maximum Gasteiger partial charge on any atom is 0.273 e. The molecule has 1 atom stereocenters. The molecule has 30 heavy (non-hydrogen) atoms. The van der Waals surface area contributed by atoms with Crippen LogP contribution in [0.5, 0.6) is 0 Å². The van der Waals surface area contributed by atoms with Crippen molar-refractivity contribution in [2.75, 3.05) is 0 Å². The molecule has 2 amide bonds. The maximum absolute atomic E-state index is 14.6. The van der Waals surface area contributed by atoms with Gasteiger partial charge in [0.05, 0.1) is 6.54 Å². The summed E-state index contributed by atoms with van der Waals surface area (Å²) >= 11 is 0. The van der Waals surface area contributed by atoms with Gasteiger partial charge in [0.1, 0.15) is 17.4 Å². The predicted octanol–water partition coefficient (Wildman–Crippen LogP) is 3.13. The van der Waals surface area contributed by atoms with Crippen molar-refractivity contribution in [2.45, 2.75) is 33.4 Å². The Bertz CT molecular complexity index is 1120. The third-order valence-electron chi connectivity index (χ3n) is 4.69. The molecule has 0 bridgehead atoms. The normalized spacial score (nSPS) is 12.7. The molecule has 3 rings (SSSR count). The van der Waals surface area contributed by atoms with Crippen molar-refractivity contribution >= 4 is 22.7 Å². The number of nitrogens with zero attached hydrogens (tertiary/aromatic N) is 2. The Morgan fingerprint density at radius 3 is 2.30 bits per heavy atom. The van der Waals surface area contributed by atoms with Crippen LogP contribution in [0.15, 0.2) is 36.4 Å². The van der Waals surface area contributed by atoms with Crippen molar-refractivity contribution in [3.8, 4) is 0 Å². The molecule has 0 saturated carbocycles. The number of nitrogens with one attached hydrogen (secondary N) is 1. The fraction of sp³-hybridized carbons (Fsp3) is 0.286. The van der Waals surface area contributed by atoms with Crippen LogP contribution in [-0.2, 0) is 11.3 Å². The predicted molar refractivity (Wildman–Crippen MR) is 105 cm³/mol. The zero-order valence-electron chi connectivity index (χ0n) is 16.7. The average Bonchev–Trinajstić information content (AvgIpc) is 3.02. The van der Waals surface area contributed by atoms with E-state index in [9.17, 15) is 22.8 Å². The van der Waals surface area contributed by atoms with Crippen molar-refractivity contribution < 1.29 is 22.8 Å². The first-order chi connectivity index (χ1) is 14.0. The molecule has 158 valence electrons. The molecule has 1 unspecified atom stereocenters. The molecule has 3 aromatic rings. The molecule has 0 spiro atoms. The summed E-state index contributed by atoms with van der Waals surface area (Å²) in [5.74, 6) is -4.19. The highest BCUT2D eigenvalue weighted by Crippen LogP contribution is 2.26. The average molecular weight is 418 g/mol. The van der Waals surface area contributed by atoms with E-state index >= 15 is 0 Å². The second-order valence-electron chi connectivity index (χ2n) is 8.07. The van der Waals surface area contributed by atoms with Gasteiger partial charge in [-0.1, -0.05) is 32.9 Å². The molecule has 2 aromatic carbocycles. The fourth-order valence-electron chi connectivity index (χ4n) is 3.17. The van der Waals surface area contributed by atoms with E-state index in [1.54, 1.807) is 20.8 Å². The molecule has 0 radical (unpaired) electrons. The number of halogens is 3. The van der Waals surface area contributed by atoms with Gasteiger partial charge in [-0.05, 0) is 35.2 Å². The summed E-state index contributed by atoms with van der Waals surface area (Å²) in [6.45, 7) is 5.15. The minimum Gasteiger partial charge on any atom is -0.368 e. The van der Waals surface area contributed by atoms with Crippen LogP contribution in [0.2, 0.25) is 0 Å². The lowest BCUT2D eigenvalue weighted by molar-refractivity contribution is -0.122. The van der Waals surface area contributed by atoms with E-state index in [1.165, 1.54) is 30.3 Å². The maximum atomic E-state index is 14.6. The van der Waals surface area contributed by atoms with Gasteiger partial charge in [0, 0.05) is 5.39 Å². The minimum absolute atomic E-state index is 0.0248. The first-order valence-corrected chi connectivity index (χ1v) is 9.18. The molecule has 3 N–H and O–H groups in total. The number of rotatable bonds is 5. The van der Waals surface area contributed by atoms with Crippen LogP contribution in [0, 0.1) is 22.9 Å². The fourth-order valence-corrected chi connectivity index (χ4v) is 3.17. The van der Waals surface area contributed by atoms with Crippen LogP contribution < -0.4 is 11.1 Å². The van der Waals surface area contributed by atoms with Gasteiger partial charge in [-0.25, -0.2) is 13.2 Å². The molecule has 9 heteroatoms. The number of benzene rings is 2. The van der Waals surface area contributed by atoms with Crippen LogP contribution in [0.1, 0.15) is 36.8 Å². The van der Waals surface area contributed by atoms with E-state index in [1.807, 2.05) is 0 Å². The SMILES string of the molecule is CC(C)(C)C(NC(=O)c1nn(Cc2ccc(F)cc2)c2c(F)c(F)ccc12)C(N)=O. The number of fused-ring (bicyclic) bond motifs is 1. The van der Waals surface area contributed by atoms with E-state index in [0.29, 0.717) is 5.56 Å². The molecule has 0 aliphatic carbocycles. The highest BCUT2D eigenvalue weighted by atomic mass is 19.2. The Morgan fingerprint density at radius 2 is 1.73 bits per heavy atom. The van der Waals surface area contributed by atoms with Crippen molar-refractivity contribution in [2.24, 2.45) is 11.1 Å². The van der Waals surface area contributed by atoms with Crippen molar-refractivity contribution in [3.05, 3.63) is 65.1 Å². The number of aromatic nitrogens is 2. The first-order valence-electron chi connectivity index (χ1n) is 9.18. The van der Waals surface area contributed by atoms with Crippen LogP contribution in [0.25, 0.3) is 10.9 Å². The summed E-state index contributed by atoms with van der Waals surface area (Å²) in [6, 6.07) is 6.54. The molecular weight excluding hydrogens is 397 g/mol. The zero-order valence-corrected chi connectivity index (χ0v) is 16.7. The van der Waals surface area contributed by atoms with Crippen LogP contribution >= 0.6 is 0 Å². The highest BCUT2D eigenvalue weighted by Gasteiger charge is 2.33. The minimum atomic E-state index is -1.16. The van der Waals surface area contributed by atoms with Crippen molar-refractivity contribution in [1.29, 1.82) is 0 Å². The second kappa shape index (κ2) is 7.81. The molecule has 0 saturated heterocycles. The van der Waals surface area contributed by atoms with Gasteiger partial charge in [0.2, 0.25) is 5.91 Å². The quantitative estimate of drug-likeness (QED) is 0.667. The first kappa shape index (κ1) is 21.4. The van der Waals surface area contributed by atoms with Gasteiger partial charge in [0.15, 0.2) is 17.3 Å². The molecule has 0 aliphatic heterocycles. The monoisotopic (exact) mass is 418 g/mol. The molecular formula is C21H21F3N4O2. The van der Waals surface area contributed by atoms with Gasteiger partial charge in [-0.15, -0.1) is 0 Å². The van der Waals surface area contributed by atoms with Crippen LogP contribution in [-0.4, -0.2) is 27.6 Å². The second-order valence-corrected chi connectivity index (χ2v) is 8.07. The summed E-state index contributed by atoms with van der Waals surface area (Å²) in [7, 11) is 0. The summed E-state index contributed by atoms with van der Waals surface area (Å²) in [6.07, 6.45) is 0. The van der Waals surface area contributed by atoms with E-state index in [4.69, 9.17) is 5.73 Å². The van der Waals surface area contributed by atoms with Crippen LogP contribution in [0.4, 0.5) is 13.2 Å². The number of amides is 2. The molecule has 1 aromatic heterocycles. The number of nitrogens with two attached hydrogens (primary N) is 1. The standard InChI is InChI=1S/C21H21F3N4O2/c1-21(2,3)18(19(25)29)26-20(30)16-13-8-9-14(23)15(24)17(13)28(27-16)10-11-4-6-12(22)7-5-11/h4-9,18H,10H2,1-3H3,(H2,25,29)(H,26,30). The lowest BCUT2D eigenvalue weighted by Crippen LogP contribution is -2.52. The van der Waals surface area contributed by atoms with Gasteiger partial charge < -0.3 is 11.1 Å². The topological polar surface area (TPSA) is 90.0 Å². The lowest BCUT2D eigenvalue weighted by atomic mass is 9.86. The Balaban J connectivity index is 2.07. The summed E-state index contributed by atoms with van der Waals surface area (Å²) in [5.41, 5.74) is 4.91. The Morgan fingerprint density at radius 1 is 1.10 bits per heavy atom. The summed E-state index contributed by atoms with van der Waals surface area (Å²) < 4.78 is 42.8. The Hall–Kier alpha value is -3.36. The smallest absolute Gasteiger partial charge is 0.273 e. The van der Waals surface area contributed by atoms with Gasteiger partial charge in [0.25, 0.3) is 5.91 Å². The number of primary amides is 1. The summed E-state index contributed by atoms with van der Waals surface area (Å²) in [5, 5.41) is 6.76. The Kier molecular flexibility index (Phi) is 5.56. The van der Waals surface area contributed by atoms with Crippen molar-refractivity contribution in [3.63, 3.8) is 0 Å². The van der Waals surface area contributed by atoms with Gasteiger partial charge >= 0.3 is 0 Å². The van der Waals surface area contributed by atoms with E-state index < -0.39 is 40.7 Å². The molecule has 6 nitrogen and oxygen atoms in total.